The van der Waals surface area contributed by atoms with Crippen molar-refractivity contribution in [2.75, 3.05) is 6.54 Å². The van der Waals surface area contributed by atoms with E-state index in [-0.39, 0.29) is 11.4 Å². The van der Waals surface area contributed by atoms with E-state index < -0.39 is 0 Å². The fourth-order valence-corrected chi connectivity index (χ4v) is 3.54. The summed E-state index contributed by atoms with van der Waals surface area (Å²) >= 11 is 3.38. The van der Waals surface area contributed by atoms with Gasteiger partial charge in [0, 0.05) is 5.54 Å². The van der Waals surface area contributed by atoms with E-state index in [1.54, 1.807) is 0 Å². The quantitative estimate of drug-likeness (QED) is 0.898. The van der Waals surface area contributed by atoms with Crippen molar-refractivity contribution in [3.8, 4) is 0 Å². The van der Waals surface area contributed by atoms with E-state index in [2.05, 4.69) is 21.2 Å². The van der Waals surface area contributed by atoms with Gasteiger partial charge in [-0.2, -0.15) is 0 Å². The molecule has 17 heavy (non-hydrogen) atoms. The first-order chi connectivity index (χ1) is 8.21. The molecular weight excluding hydrogens is 281 g/mol. The van der Waals surface area contributed by atoms with Crippen LogP contribution < -0.4 is 5.32 Å². The van der Waals surface area contributed by atoms with E-state index in [0.29, 0.717) is 4.47 Å². The number of rotatable bonds is 3. The second-order valence-corrected chi connectivity index (χ2v) is 6.14. The Hall–Kier alpha value is -0.410. The first kappa shape index (κ1) is 11.7. The van der Waals surface area contributed by atoms with E-state index in [1.165, 1.54) is 31.7 Å². The first-order valence-electron chi connectivity index (χ1n) is 6.39. The van der Waals surface area contributed by atoms with Gasteiger partial charge >= 0.3 is 0 Å². The van der Waals surface area contributed by atoms with Crippen LogP contribution >= 0.6 is 15.9 Å². The predicted octanol–water partition coefficient (Wildman–Crippen LogP) is 3.66. The van der Waals surface area contributed by atoms with Gasteiger partial charge in [0.05, 0.1) is 4.47 Å². The second kappa shape index (κ2) is 4.36. The van der Waals surface area contributed by atoms with Crippen LogP contribution in [-0.2, 0) is 6.42 Å². The molecule has 1 atom stereocenters. The Morgan fingerprint density at radius 2 is 2.24 bits per heavy atom. The Morgan fingerprint density at radius 3 is 2.88 bits per heavy atom. The maximum Gasteiger partial charge on any atom is 0.137 e. The molecule has 0 amide bonds. The highest BCUT2D eigenvalue weighted by Crippen LogP contribution is 2.46. The normalized spacial score (nSPS) is 28.6. The lowest BCUT2D eigenvalue weighted by atomic mass is 9.84. The van der Waals surface area contributed by atoms with Crippen LogP contribution in [-0.4, -0.2) is 12.1 Å². The highest BCUT2D eigenvalue weighted by atomic mass is 79.9. The molecule has 1 N–H and O–H groups in total. The van der Waals surface area contributed by atoms with Gasteiger partial charge in [-0.3, -0.25) is 0 Å². The molecule has 3 rings (SSSR count). The van der Waals surface area contributed by atoms with Crippen molar-refractivity contribution in [3.05, 3.63) is 34.1 Å². The van der Waals surface area contributed by atoms with Gasteiger partial charge in [-0.05, 0) is 72.1 Å². The van der Waals surface area contributed by atoms with Crippen LogP contribution in [0.25, 0.3) is 0 Å². The van der Waals surface area contributed by atoms with E-state index in [4.69, 9.17) is 0 Å². The zero-order valence-corrected chi connectivity index (χ0v) is 11.4. The molecule has 0 aromatic heterocycles. The molecule has 0 bridgehead atoms. The van der Waals surface area contributed by atoms with Crippen LogP contribution in [0.15, 0.2) is 22.7 Å². The van der Waals surface area contributed by atoms with Crippen molar-refractivity contribution in [3.63, 3.8) is 0 Å². The maximum atomic E-state index is 13.5. The number of benzene rings is 1. The zero-order chi connectivity index (χ0) is 11.9. The summed E-state index contributed by atoms with van der Waals surface area (Å²) in [5.41, 5.74) is 1.35. The fourth-order valence-electron chi connectivity index (χ4n) is 3.13. The molecule has 0 radical (unpaired) electrons. The molecule has 1 saturated heterocycles. The fraction of sp³-hybridized carbons (Fsp3) is 0.571. The molecule has 92 valence electrons. The Morgan fingerprint density at radius 1 is 1.41 bits per heavy atom. The highest BCUT2D eigenvalue weighted by Gasteiger charge is 2.46. The molecular formula is C14H17BrFN. The van der Waals surface area contributed by atoms with Crippen molar-refractivity contribution in [1.29, 1.82) is 0 Å². The molecule has 1 aromatic carbocycles. The van der Waals surface area contributed by atoms with Crippen molar-refractivity contribution in [1.82, 2.24) is 5.32 Å². The summed E-state index contributed by atoms with van der Waals surface area (Å²) in [4.78, 5) is 0. The lowest BCUT2D eigenvalue weighted by molar-refractivity contribution is 0.322. The van der Waals surface area contributed by atoms with Crippen LogP contribution in [0.3, 0.4) is 0 Å². The lowest BCUT2D eigenvalue weighted by Crippen LogP contribution is -2.44. The minimum Gasteiger partial charge on any atom is -0.311 e. The third-order valence-corrected chi connectivity index (χ3v) is 5.06. The van der Waals surface area contributed by atoms with Crippen LogP contribution in [0.4, 0.5) is 4.39 Å². The number of halogens is 2. The summed E-state index contributed by atoms with van der Waals surface area (Å²) in [5.74, 6) is 0.659. The van der Waals surface area contributed by atoms with Crippen LogP contribution in [0.2, 0.25) is 0 Å². The van der Waals surface area contributed by atoms with Gasteiger partial charge in [0.15, 0.2) is 0 Å². The average Bonchev–Trinajstić information content (AvgIpc) is 3.08. The van der Waals surface area contributed by atoms with Gasteiger partial charge in [-0.1, -0.05) is 12.1 Å². The van der Waals surface area contributed by atoms with Gasteiger partial charge in [0.25, 0.3) is 0 Å². The number of hydrogen-bond donors (Lipinski definition) is 1. The second-order valence-electron chi connectivity index (χ2n) is 5.35. The molecule has 1 saturated carbocycles. The largest absolute Gasteiger partial charge is 0.311 e. The molecule has 1 aromatic rings. The summed E-state index contributed by atoms with van der Waals surface area (Å²) in [6, 6.07) is 5.36. The van der Waals surface area contributed by atoms with Gasteiger partial charge < -0.3 is 5.32 Å². The molecule has 3 heteroatoms. The SMILES string of the molecule is Fc1cccc(CC2(C3CC3)CCCN2)c1Br. The van der Waals surface area contributed by atoms with Gasteiger partial charge in [0.1, 0.15) is 5.82 Å². The average molecular weight is 298 g/mol. The molecule has 0 spiro atoms. The summed E-state index contributed by atoms with van der Waals surface area (Å²) in [6.45, 7) is 1.11. The minimum atomic E-state index is -0.147. The van der Waals surface area contributed by atoms with Crippen molar-refractivity contribution >= 4 is 15.9 Å². The third kappa shape index (κ3) is 2.15. The summed E-state index contributed by atoms with van der Waals surface area (Å²) in [7, 11) is 0. The smallest absolute Gasteiger partial charge is 0.137 e. The maximum absolute atomic E-state index is 13.5. The van der Waals surface area contributed by atoms with Crippen molar-refractivity contribution in [2.24, 2.45) is 5.92 Å². The topological polar surface area (TPSA) is 12.0 Å². The summed E-state index contributed by atoms with van der Waals surface area (Å²) in [6.07, 6.45) is 6.11. The zero-order valence-electron chi connectivity index (χ0n) is 9.81. The highest BCUT2D eigenvalue weighted by molar-refractivity contribution is 9.10. The minimum absolute atomic E-state index is 0.147. The lowest BCUT2D eigenvalue weighted by Gasteiger charge is -2.30. The van der Waals surface area contributed by atoms with E-state index in [1.807, 2.05) is 12.1 Å². The Labute approximate surface area is 110 Å². The first-order valence-corrected chi connectivity index (χ1v) is 7.18. The monoisotopic (exact) mass is 297 g/mol. The molecule has 1 nitrogen and oxygen atoms in total. The van der Waals surface area contributed by atoms with Gasteiger partial charge in [0.2, 0.25) is 0 Å². The Bertz CT molecular complexity index is 422. The summed E-state index contributed by atoms with van der Waals surface area (Å²) < 4.78 is 14.2. The van der Waals surface area contributed by atoms with Crippen LogP contribution in [0, 0.1) is 11.7 Å². The van der Waals surface area contributed by atoms with Crippen molar-refractivity contribution < 1.29 is 4.39 Å². The van der Waals surface area contributed by atoms with E-state index >= 15 is 0 Å². The molecule has 1 aliphatic carbocycles. The molecule has 2 aliphatic rings. The van der Waals surface area contributed by atoms with E-state index in [9.17, 15) is 4.39 Å². The van der Waals surface area contributed by atoms with Crippen molar-refractivity contribution in [2.45, 2.75) is 37.6 Å². The Kier molecular flexibility index (Phi) is 2.99. The van der Waals surface area contributed by atoms with Crippen LogP contribution in [0.5, 0.6) is 0 Å². The Balaban J connectivity index is 1.87. The predicted molar refractivity (Wildman–Crippen MR) is 70.5 cm³/mol. The van der Waals surface area contributed by atoms with Crippen LogP contribution in [0.1, 0.15) is 31.2 Å². The number of nitrogens with one attached hydrogen (secondary N) is 1. The van der Waals surface area contributed by atoms with Gasteiger partial charge in [-0.25, -0.2) is 4.39 Å². The molecule has 2 fully saturated rings. The number of hydrogen-bond acceptors (Lipinski definition) is 1. The third-order valence-electron chi connectivity index (χ3n) is 4.17. The molecule has 1 aliphatic heterocycles. The van der Waals surface area contributed by atoms with E-state index in [0.717, 1.165) is 24.4 Å². The molecule has 1 heterocycles. The molecule has 1 unspecified atom stereocenters. The standard InChI is InChI=1S/C14H17BrFN/c15-13-10(3-1-4-12(13)16)9-14(11-5-6-11)7-2-8-17-14/h1,3-4,11,17H,2,5-9H2. The summed E-state index contributed by atoms with van der Waals surface area (Å²) in [5, 5.41) is 3.68. The van der Waals surface area contributed by atoms with Gasteiger partial charge in [-0.15, -0.1) is 0 Å².